The molecule has 19 heavy (non-hydrogen) atoms. The summed E-state index contributed by atoms with van der Waals surface area (Å²) in [5, 5.41) is 1.84. The fourth-order valence-electron chi connectivity index (χ4n) is 1.99. The average Bonchev–Trinajstić information content (AvgIpc) is 2.87. The molecule has 0 aliphatic carbocycles. The van der Waals surface area contributed by atoms with Gasteiger partial charge in [0.1, 0.15) is 11.5 Å². The molecule has 2 aromatic carbocycles. The lowest BCUT2D eigenvalue weighted by atomic mass is 10.3. The molecule has 0 spiro atoms. The van der Waals surface area contributed by atoms with Crippen molar-refractivity contribution in [3.63, 3.8) is 0 Å². The molecule has 4 nitrogen and oxygen atoms in total. The number of ether oxygens (including phenoxy) is 1. The standard InChI is InChI=1S/C15H14N2O2/c18-15-10-11-17(16-15)12-6-8-14(9-7-12)19-13-4-2-1-3-5-13/h1-9H,10-11H2,(H,16,18). The fraction of sp³-hybridized carbons (Fsp3) is 0.133. The largest absolute Gasteiger partial charge is 0.457 e. The number of nitrogens with zero attached hydrogens (tertiary/aromatic N) is 1. The van der Waals surface area contributed by atoms with Gasteiger partial charge in [0.2, 0.25) is 5.91 Å². The van der Waals surface area contributed by atoms with E-state index >= 15 is 0 Å². The number of hydrogen-bond acceptors (Lipinski definition) is 3. The van der Waals surface area contributed by atoms with Gasteiger partial charge in [0, 0.05) is 13.0 Å². The molecule has 0 radical (unpaired) electrons. The molecule has 0 saturated carbocycles. The van der Waals surface area contributed by atoms with Crippen LogP contribution in [0.25, 0.3) is 0 Å². The lowest BCUT2D eigenvalue weighted by Crippen LogP contribution is -2.32. The molecule has 1 aliphatic heterocycles. The lowest BCUT2D eigenvalue weighted by Gasteiger charge is -2.17. The minimum absolute atomic E-state index is 0.0598. The first-order valence-electron chi connectivity index (χ1n) is 6.21. The van der Waals surface area contributed by atoms with Crippen LogP contribution in [0.15, 0.2) is 54.6 Å². The van der Waals surface area contributed by atoms with E-state index in [0.29, 0.717) is 13.0 Å². The van der Waals surface area contributed by atoms with Gasteiger partial charge in [-0.1, -0.05) is 18.2 Å². The average molecular weight is 254 g/mol. The van der Waals surface area contributed by atoms with Gasteiger partial charge in [0.25, 0.3) is 0 Å². The molecule has 3 rings (SSSR count). The highest BCUT2D eigenvalue weighted by atomic mass is 16.5. The van der Waals surface area contributed by atoms with Gasteiger partial charge in [-0.2, -0.15) is 0 Å². The number of carbonyl (C=O) groups excluding carboxylic acids is 1. The maximum atomic E-state index is 11.2. The Morgan fingerprint density at radius 1 is 0.947 bits per heavy atom. The molecule has 1 saturated heterocycles. The van der Waals surface area contributed by atoms with Gasteiger partial charge in [-0.25, -0.2) is 0 Å². The van der Waals surface area contributed by atoms with Gasteiger partial charge < -0.3 is 4.74 Å². The molecule has 1 N–H and O–H groups in total. The van der Waals surface area contributed by atoms with Gasteiger partial charge in [-0.15, -0.1) is 0 Å². The first-order valence-corrected chi connectivity index (χ1v) is 6.21. The first kappa shape index (κ1) is 11.6. The zero-order chi connectivity index (χ0) is 13.1. The summed E-state index contributed by atoms with van der Waals surface area (Å²) in [7, 11) is 0. The van der Waals surface area contributed by atoms with Gasteiger partial charge in [-0.3, -0.25) is 15.2 Å². The maximum absolute atomic E-state index is 11.2. The molecule has 0 atom stereocenters. The second-order valence-electron chi connectivity index (χ2n) is 4.35. The van der Waals surface area contributed by atoms with E-state index in [-0.39, 0.29) is 5.91 Å². The predicted octanol–water partition coefficient (Wildman–Crippen LogP) is 2.72. The van der Waals surface area contributed by atoms with Crippen LogP contribution in [0.2, 0.25) is 0 Å². The van der Waals surface area contributed by atoms with Gasteiger partial charge in [-0.05, 0) is 36.4 Å². The van der Waals surface area contributed by atoms with Crippen LogP contribution in [-0.4, -0.2) is 12.5 Å². The van der Waals surface area contributed by atoms with Gasteiger partial charge in [0.15, 0.2) is 0 Å². The van der Waals surface area contributed by atoms with Crippen LogP contribution in [0.3, 0.4) is 0 Å². The molecule has 96 valence electrons. The lowest BCUT2D eigenvalue weighted by molar-refractivity contribution is -0.119. The van der Waals surface area contributed by atoms with Crippen LogP contribution in [0.5, 0.6) is 11.5 Å². The van der Waals surface area contributed by atoms with Crippen molar-refractivity contribution in [3.05, 3.63) is 54.6 Å². The van der Waals surface area contributed by atoms with Crippen molar-refractivity contribution in [3.8, 4) is 11.5 Å². The molecule has 1 fully saturated rings. The number of para-hydroxylation sites is 1. The van der Waals surface area contributed by atoms with Crippen molar-refractivity contribution in [1.29, 1.82) is 0 Å². The molecule has 1 heterocycles. The molecule has 0 bridgehead atoms. The van der Waals surface area contributed by atoms with Crippen LogP contribution in [-0.2, 0) is 4.79 Å². The second-order valence-corrected chi connectivity index (χ2v) is 4.35. The van der Waals surface area contributed by atoms with E-state index in [4.69, 9.17) is 4.74 Å². The number of hydrazine groups is 1. The number of amides is 1. The summed E-state index contributed by atoms with van der Waals surface area (Å²) in [6, 6.07) is 17.3. The topological polar surface area (TPSA) is 41.6 Å². The van der Waals surface area contributed by atoms with Crippen LogP contribution < -0.4 is 15.2 Å². The summed E-state index contributed by atoms with van der Waals surface area (Å²) in [6.07, 6.45) is 0.544. The summed E-state index contributed by atoms with van der Waals surface area (Å²) in [5.41, 5.74) is 3.76. The number of anilines is 1. The fourth-order valence-corrected chi connectivity index (χ4v) is 1.99. The first-order chi connectivity index (χ1) is 9.31. The highest BCUT2D eigenvalue weighted by molar-refractivity contribution is 5.81. The monoisotopic (exact) mass is 254 g/mol. The summed E-state index contributed by atoms with van der Waals surface area (Å²) in [4.78, 5) is 11.2. The van der Waals surface area contributed by atoms with E-state index in [9.17, 15) is 4.79 Å². The Bertz CT molecular complexity index is 566. The van der Waals surface area contributed by atoms with E-state index in [1.54, 1.807) is 0 Å². The molecular weight excluding hydrogens is 240 g/mol. The molecule has 0 aromatic heterocycles. The number of nitrogens with one attached hydrogen (secondary N) is 1. The molecule has 1 amide bonds. The quantitative estimate of drug-likeness (QED) is 0.915. The van der Waals surface area contributed by atoms with Crippen molar-refractivity contribution in [2.45, 2.75) is 6.42 Å². The van der Waals surface area contributed by atoms with Crippen LogP contribution >= 0.6 is 0 Å². The molecule has 4 heteroatoms. The Morgan fingerprint density at radius 3 is 2.26 bits per heavy atom. The Labute approximate surface area is 111 Å². The Hall–Kier alpha value is -2.49. The van der Waals surface area contributed by atoms with E-state index in [1.807, 2.05) is 59.6 Å². The zero-order valence-electron chi connectivity index (χ0n) is 10.4. The molecular formula is C15H14N2O2. The minimum atomic E-state index is 0.0598. The highest BCUT2D eigenvalue weighted by Gasteiger charge is 2.18. The Balaban J connectivity index is 1.71. The summed E-state index contributed by atoms with van der Waals surface area (Å²) >= 11 is 0. The highest BCUT2D eigenvalue weighted by Crippen LogP contribution is 2.24. The van der Waals surface area contributed by atoms with Crippen LogP contribution in [0.4, 0.5) is 5.69 Å². The third-order valence-corrected chi connectivity index (χ3v) is 2.95. The summed E-state index contributed by atoms with van der Waals surface area (Å²) in [6.45, 7) is 0.706. The number of hydrogen-bond donors (Lipinski definition) is 1. The zero-order valence-corrected chi connectivity index (χ0v) is 10.4. The SMILES string of the molecule is O=C1CCN(c2ccc(Oc3ccccc3)cc2)N1. The van der Waals surface area contributed by atoms with E-state index in [0.717, 1.165) is 17.2 Å². The van der Waals surface area contributed by atoms with Crippen molar-refractivity contribution in [2.24, 2.45) is 0 Å². The van der Waals surface area contributed by atoms with Crippen LogP contribution in [0, 0.1) is 0 Å². The predicted molar refractivity (Wildman–Crippen MR) is 73.1 cm³/mol. The van der Waals surface area contributed by atoms with E-state index < -0.39 is 0 Å². The Kier molecular flexibility index (Phi) is 3.06. The minimum Gasteiger partial charge on any atom is -0.457 e. The van der Waals surface area contributed by atoms with Gasteiger partial charge >= 0.3 is 0 Å². The normalized spacial score (nSPS) is 14.3. The third-order valence-electron chi connectivity index (χ3n) is 2.95. The van der Waals surface area contributed by atoms with E-state index in [1.165, 1.54) is 0 Å². The van der Waals surface area contributed by atoms with E-state index in [2.05, 4.69) is 5.43 Å². The van der Waals surface area contributed by atoms with Crippen molar-refractivity contribution >= 4 is 11.6 Å². The number of rotatable bonds is 3. The van der Waals surface area contributed by atoms with Gasteiger partial charge in [0.05, 0.1) is 5.69 Å². The molecule has 1 aliphatic rings. The van der Waals surface area contributed by atoms with Crippen molar-refractivity contribution in [1.82, 2.24) is 5.43 Å². The number of benzene rings is 2. The molecule has 2 aromatic rings. The number of carbonyl (C=O) groups is 1. The summed E-state index contributed by atoms with van der Waals surface area (Å²) in [5.74, 6) is 1.65. The van der Waals surface area contributed by atoms with Crippen molar-refractivity contribution in [2.75, 3.05) is 11.6 Å². The third kappa shape index (κ3) is 2.68. The van der Waals surface area contributed by atoms with Crippen LogP contribution in [0.1, 0.15) is 6.42 Å². The maximum Gasteiger partial charge on any atom is 0.240 e. The smallest absolute Gasteiger partial charge is 0.240 e. The molecule has 0 unspecified atom stereocenters. The summed E-state index contributed by atoms with van der Waals surface area (Å²) < 4.78 is 5.71. The van der Waals surface area contributed by atoms with Crippen molar-refractivity contribution < 1.29 is 9.53 Å². The Morgan fingerprint density at radius 2 is 1.63 bits per heavy atom. The second kappa shape index (κ2) is 5.02.